The highest BCUT2D eigenvalue weighted by molar-refractivity contribution is 8.77. The molecule has 1 N–H and O–H groups in total. The summed E-state index contributed by atoms with van der Waals surface area (Å²) in [5, 5.41) is -1.07. The van der Waals surface area contributed by atoms with Gasteiger partial charge >= 0.3 is 5.97 Å². The van der Waals surface area contributed by atoms with Gasteiger partial charge in [0.2, 0.25) is 0 Å². The number of ether oxygens (including phenoxy) is 3. The molecule has 37 heavy (non-hydrogen) atoms. The van der Waals surface area contributed by atoms with E-state index in [1.807, 2.05) is 0 Å². The van der Waals surface area contributed by atoms with Crippen LogP contribution in [-0.4, -0.2) is 110 Å². The minimum Gasteiger partial charge on any atom is -0.382 e. The van der Waals surface area contributed by atoms with Crippen LogP contribution < -0.4 is 0 Å². The molecule has 0 aromatic carbocycles. The van der Waals surface area contributed by atoms with Crippen LogP contribution in [0.3, 0.4) is 0 Å². The van der Waals surface area contributed by atoms with Crippen LogP contribution in [0, 0.1) is 0 Å². The molecule has 0 bridgehead atoms. The average molecular weight is 587 g/mol. The molecule has 11 nitrogen and oxygen atoms in total. The molecule has 1 atom stereocenters. The third-order valence-electron chi connectivity index (χ3n) is 5.33. The molecule has 1 fully saturated rings. The smallest absolute Gasteiger partial charge is 0.353 e. The first-order valence-corrected chi connectivity index (χ1v) is 16.0. The van der Waals surface area contributed by atoms with Crippen LogP contribution in [0.25, 0.3) is 0 Å². The van der Waals surface area contributed by atoms with Gasteiger partial charge < -0.3 is 19.0 Å². The van der Waals surface area contributed by atoms with Gasteiger partial charge in [-0.1, -0.05) is 28.2 Å². The minimum absolute atomic E-state index is 0.132. The van der Waals surface area contributed by atoms with Crippen molar-refractivity contribution in [3.8, 4) is 0 Å². The summed E-state index contributed by atoms with van der Waals surface area (Å²) in [6, 6.07) is 0.299. The summed E-state index contributed by atoms with van der Waals surface area (Å²) >= 11 is 0. The van der Waals surface area contributed by atoms with E-state index in [0.717, 1.165) is 13.1 Å². The van der Waals surface area contributed by atoms with Crippen molar-refractivity contribution in [2.24, 2.45) is 0 Å². The van der Waals surface area contributed by atoms with Gasteiger partial charge in [0.1, 0.15) is 0 Å². The summed E-state index contributed by atoms with van der Waals surface area (Å²) in [4.78, 5) is 31.5. The van der Waals surface area contributed by atoms with Gasteiger partial charge in [-0.05, 0) is 40.5 Å². The second kappa shape index (κ2) is 17.0. The first-order chi connectivity index (χ1) is 17.3. The number of hydroxylamine groups is 2. The molecule has 14 heteroatoms. The Morgan fingerprint density at radius 2 is 1.78 bits per heavy atom. The summed E-state index contributed by atoms with van der Waals surface area (Å²) in [7, 11) is -0.0987. The van der Waals surface area contributed by atoms with E-state index in [0.29, 0.717) is 50.6 Å². The Bertz CT molecular complexity index is 821. The number of nitrogens with zero attached hydrogens (tertiary/aromatic N) is 2. The van der Waals surface area contributed by atoms with Crippen molar-refractivity contribution in [1.29, 1.82) is 0 Å². The lowest BCUT2D eigenvalue weighted by atomic mass is 10.1. The normalized spacial score (nSPS) is 15.7. The first-order valence-electron chi connectivity index (χ1n) is 12.2. The molecule has 1 saturated heterocycles. The van der Waals surface area contributed by atoms with Crippen LogP contribution in [0.2, 0.25) is 0 Å². The molecule has 0 spiro atoms. The van der Waals surface area contributed by atoms with Crippen LogP contribution in [0.15, 0.2) is 12.3 Å². The number of hydrogen-bond donors (Lipinski definition) is 1. The molecule has 1 heterocycles. The molecule has 216 valence electrons. The molecule has 0 aromatic rings. The fourth-order valence-corrected chi connectivity index (χ4v) is 6.78. The number of amides is 1. The number of carbonyl (C=O) groups is 2. The Labute approximate surface area is 229 Å². The van der Waals surface area contributed by atoms with Gasteiger partial charge in [-0.2, -0.15) is 8.42 Å². The Balaban J connectivity index is 2.47. The van der Waals surface area contributed by atoms with Crippen LogP contribution >= 0.6 is 21.6 Å². The molecule has 0 saturated carbocycles. The van der Waals surface area contributed by atoms with Crippen molar-refractivity contribution < 1.29 is 41.6 Å². The van der Waals surface area contributed by atoms with Crippen molar-refractivity contribution in [3.05, 3.63) is 12.3 Å². The van der Waals surface area contributed by atoms with Gasteiger partial charge in [0, 0.05) is 43.2 Å². The Morgan fingerprint density at radius 3 is 2.32 bits per heavy atom. The van der Waals surface area contributed by atoms with Crippen LogP contribution in [0.5, 0.6) is 0 Å². The molecule has 1 unspecified atom stereocenters. The van der Waals surface area contributed by atoms with E-state index in [9.17, 15) is 22.6 Å². The first kappa shape index (κ1) is 34.2. The maximum atomic E-state index is 12.4. The van der Waals surface area contributed by atoms with Crippen LogP contribution in [-0.2, 0) is 38.8 Å². The molecular formula is C23H42N2O9S3. The van der Waals surface area contributed by atoms with Gasteiger partial charge in [-0.15, -0.1) is 5.06 Å². The lowest BCUT2D eigenvalue weighted by molar-refractivity contribution is -0.186. The zero-order valence-corrected chi connectivity index (χ0v) is 24.9. The van der Waals surface area contributed by atoms with Gasteiger partial charge in [0.05, 0.1) is 38.7 Å². The maximum Gasteiger partial charge on any atom is 0.353 e. The monoisotopic (exact) mass is 586 g/mol. The van der Waals surface area contributed by atoms with E-state index in [-0.39, 0.29) is 29.0 Å². The molecule has 0 aliphatic carbocycles. The van der Waals surface area contributed by atoms with Crippen molar-refractivity contribution in [3.63, 3.8) is 0 Å². The van der Waals surface area contributed by atoms with Gasteiger partial charge in [0.25, 0.3) is 16.0 Å². The Morgan fingerprint density at radius 1 is 1.16 bits per heavy atom. The summed E-state index contributed by atoms with van der Waals surface area (Å²) in [6.07, 6.45) is 0.300. The third kappa shape index (κ3) is 13.7. The van der Waals surface area contributed by atoms with Crippen LogP contribution in [0.1, 0.15) is 47.0 Å². The van der Waals surface area contributed by atoms with Crippen molar-refractivity contribution in [2.45, 2.75) is 63.0 Å². The molecule has 0 aromatic heterocycles. The summed E-state index contributed by atoms with van der Waals surface area (Å²) in [5.41, 5.74) is 0.273. The molecule has 1 aliphatic heterocycles. The third-order valence-corrected chi connectivity index (χ3v) is 9.79. The SMILES string of the molecule is C=C1CCC(=O)N1OC(=O)C(CCSSC(C)(C)CN(CCOCCOCCOC)C(C)C)S(=O)(=O)O. The van der Waals surface area contributed by atoms with Crippen molar-refractivity contribution >= 4 is 43.6 Å². The zero-order valence-electron chi connectivity index (χ0n) is 22.5. The quantitative estimate of drug-likeness (QED) is 0.128. The second-order valence-electron chi connectivity index (χ2n) is 9.40. The molecule has 1 rings (SSSR count). The van der Waals surface area contributed by atoms with Gasteiger partial charge in [0.15, 0.2) is 5.25 Å². The minimum atomic E-state index is -4.71. The highest BCUT2D eigenvalue weighted by Gasteiger charge is 2.37. The largest absolute Gasteiger partial charge is 0.382 e. The van der Waals surface area contributed by atoms with E-state index in [1.54, 1.807) is 17.9 Å². The highest BCUT2D eigenvalue weighted by Crippen LogP contribution is 2.37. The van der Waals surface area contributed by atoms with E-state index in [4.69, 9.17) is 19.0 Å². The summed E-state index contributed by atoms with van der Waals surface area (Å²) in [6.45, 7) is 16.3. The van der Waals surface area contributed by atoms with E-state index >= 15 is 0 Å². The fourth-order valence-electron chi connectivity index (χ4n) is 3.32. The van der Waals surface area contributed by atoms with E-state index < -0.39 is 27.2 Å². The fraction of sp³-hybridized carbons (Fsp3) is 0.826. The van der Waals surface area contributed by atoms with Crippen LogP contribution in [0.4, 0.5) is 0 Å². The topological polar surface area (TPSA) is 132 Å². The number of hydrogen-bond acceptors (Lipinski definition) is 11. The summed E-state index contributed by atoms with van der Waals surface area (Å²) < 4.78 is 49.0. The standard InChI is InChI=1S/C23H42N2O9S3/c1-18(2)24(10-11-32-14-15-33-13-12-31-6)17-23(4,5)36-35-16-9-20(37(28,29)30)22(27)34-25-19(3)7-8-21(25)26/h18,20H,3,7-17H2,1-2,4-6H3,(H,28,29,30). The highest BCUT2D eigenvalue weighted by atomic mass is 33.1. The predicted octanol–water partition coefficient (Wildman–Crippen LogP) is 2.78. The number of carbonyl (C=O) groups excluding carboxylic acids is 2. The average Bonchev–Trinajstić information content (AvgIpc) is 3.10. The second-order valence-corrected chi connectivity index (χ2v) is 14.1. The number of allylic oxidation sites excluding steroid dienone is 1. The molecule has 0 radical (unpaired) electrons. The van der Waals surface area contributed by atoms with E-state index in [2.05, 4.69) is 39.2 Å². The Kier molecular flexibility index (Phi) is 15.7. The van der Waals surface area contributed by atoms with E-state index in [1.165, 1.54) is 10.8 Å². The molecular weight excluding hydrogens is 544 g/mol. The van der Waals surface area contributed by atoms with Gasteiger partial charge in [-0.25, -0.2) is 4.79 Å². The molecule has 1 amide bonds. The molecule has 1 aliphatic rings. The summed E-state index contributed by atoms with van der Waals surface area (Å²) in [5.74, 6) is -1.40. The van der Waals surface area contributed by atoms with Gasteiger partial charge in [-0.3, -0.25) is 14.2 Å². The number of methoxy groups -OCH3 is 1. The predicted molar refractivity (Wildman–Crippen MR) is 146 cm³/mol. The lowest BCUT2D eigenvalue weighted by Gasteiger charge is -2.34. The maximum absolute atomic E-state index is 12.4. The zero-order chi connectivity index (χ0) is 28.1. The Hall–Kier alpha value is -0.870. The lowest BCUT2D eigenvalue weighted by Crippen LogP contribution is -2.42. The number of rotatable bonds is 20. The van der Waals surface area contributed by atoms with Crippen molar-refractivity contribution in [1.82, 2.24) is 9.96 Å². The van der Waals surface area contributed by atoms with Crippen molar-refractivity contribution in [2.75, 3.05) is 59.0 Å².